The largest absolute Gasteiger partial charge is 0.416 e. The van der Waals surface area contributed by atoms with Crippen molar-refractivity contribution in [2.45, 2.75) is 20.0 Å². The van der Waals surface area contributed by atoms with Crippen molar-refractivity contribution < 1.29 is 13.2 Å². The molecule has 7 heteroatoms. The fourth-order valence-corrected chi connectivity index (χ4v) is 7.39. The lowest BCUT2D eigenvalue weighted by Gasteiger charge is -2.22. The Morgan fingerprint density at radius 1 is 0.418 bits per heavy atom. The van der Waals surface area contributed by atoms with Crippen LogP contribution in [0.4, 0.5) is 13.2 Å². The molecule has 55 heavy (non-hydrogen) atoms. The van der Waals surface area contributed by atoms with Crippen molar-refractivity contribution in [2.75, 3.05) is 0 Å². The molecule has 0 bridgehead atoms. The van der Waals surface area contributed by atoms with Crippen LogP contribution in [0.2, 0.25) is 0 Å². The van der Waals surface area contributed by atoms with Gasteiger partial charge in [-0.25, -0.2) is 15.0 Å². The average molecular weight is 723 g/mol. The number of hydrogen-bond donors (Lipinski definition) is 0. The van der Waals surface area contributed by atoms with E-state index in [2.05, 4.69) is 54.0 Å². The second-order valence-corrected chi connectivity index (χ2v) is 13.8. The van der Waals surface area contributed by atoms with Gasteiger partial charge in [0, 0.05) is 38.6 Å². The number of hydrogen-bond acceptors (Lipinski definition) is 3. The standard InChI is InChI=1S/C48H33F3N4/c1-30-13-11-18-34(25-30)39-28-36(47-53-45(32-14-5-3-6-15-32)52-46(54-47)33-16-7-4-8-17-33)29-40(35-19-12-20-37(27-35)48(49,50)51)44(39)55-42-22-10-9-21-38(42)41-26-31(2)23-24-43(41)55/h3-29H,1-2H3. The molecule has 0 amide bonds. The highest BCUT2D eigenvalue weighted by Crippen LogP contribution is 2.45. The third-order valence-electron chi connectivity index (χ3n) is 9.95. The van der Waals surface area contributed by atoms with Gasteiger partial charge in [0.2, 0.25) is 0 Å². The van der Waals surface area contributed by atoms with Crippen molar-refractivity contribution >= 4 is 21.8 Å². The van der Waals surface area contributed by atoms with Crippen LogP contribution in [0.15, 0.2) is 164 Å². The predicted molar refractivity (Wildman–Crippen MR) is 216 cm³/mol. The van der Waals surface area contributed by atoms with E-state index in [0.29, 0.717) is 34.2 Å². The summed E-state index contributed by atoms with van der Waals surface area (Å²) < 4.78 is 45.5. The molecular formula is C48H33F3N4. The lowest BCUT2D eigenvalue weighted by molar-refractivity contribution is -0.137. The Kier molecular flexibility index (Phi) is 8.35. The van der Waals surface area contributed by atoms with Crippen molar-refractivity contribution in [1.29, 1.82) is 0 Å². The molecule has 0 aliphatic rings. The van der Waals surface area contributed by atoms with Gasteiger partial charge in [0.25, 0.3) is 0 Å². The number of benzene rings is 7. The maximum absolute atomic E-state index is 14.4. The fraction of sp³-hybridized carbons (Fsp3) is 0.0625. The van der Waals surface area contributed by atoms with Crippen LogP contribution in [0, 0.1) is 13.8 Å². The predicted octanol–water partition coefficient (Wildman–Crippen LogP) is 12.9. The highest BCUT2D eigenvalue weighted by molar-refractivity contribution is 6.11. The zero-order chi connectivity index (χ0) is 37.7. The Hall–Kier alpha value is -6.86. The molecule has 9 rings (SSSR count). The van der Waals surface area contributed by atoms with Gasteiger partial charge in [-0.3, -0.25) is 0 Å². The van der Waals surface area contributed by atoms with Crippen LogP contribution in [0.5, 0.6) is 0 Å². The number of aromatic nitrogens is 4. The number of nitrogens with zero attached hydrogens (tertiary/aromatic N) is 4. The van der Waals surface area contributed by atoms with E-state index in [9.17, 15) is 13.2 Å². The summed E-state index contributed by atoms with van der Waals surface area (Å²) in [5.41, 5.74) is 9.09. The normalized spacial score (nSPS) is 11.7. The average Bonchev–Trinajstić information content (AvgIpc) is 3.53. The minimum absolute atomic E-state index is 0.402. The number of aryl methyl sites for hydroxylation is 2. The zero-order valence-electron chi connectivity index (χ0n) is 30.0. The SMILES string of the molecule is Cc1cccc(-c2cc(-c3nc(-c4ccccc4)nc(-c4ccccc4)n3)cc(-c3cccc(C(F)(F)F)c3)c2-n2c3ccccc3c3cc(C)ccc32)c1. The molecule has 0 aliphatic carbocycles. The number of rotatable bonds is 6. The number of para-hydroxylation sites is 1. The minimum Gasteiger partial charge on any atom is -0.308 e. The Bertz CT molecular complexity index is 2820. The molecule has 0 saturated heterocycles. The van der Waals surface area contributed by atoms with E-state index in [-0.39, 0.29) is 0 Å². The molecule has 9 aromatic rings. The van der Waals surface area contributed by atoms with Gasteiger partial charge in [-0.15, -0.1) is 0 Å². The summed E-state index contributed by atoms with van der Waals surface area (Å²) in [6.07, 6.45) is -4.54. The van der Waals surface area contributed by atoms with Crippen molar-refractivity contribution in [1.82, 2.24) is 19.5 Å². The fourth-order valence-electron chi connectivity index (χ4n) is 7.39. The molecule has 0 atom stereocenters. The number of alkyl halides is 3. The van der Waals surface area contributed by atoms with Crippen LogP contribution in [-0.2, 0) is 6.18 Å². The minimum atomic E-state index is -4.54. The smallest absolute Gasteiger partial charge is 0.308 e. The van der Waals surface area contributed by atoms with Crippen LogP contribution in [0.25, 0.3) is 83.9 Å². The van der Waals surface area contributed by atoms with Crippen LogP contribution in [0.3, 0.4) is 0 Å². The molecular weight excluding hydrogens is 690 g/mol. The molecule has 0 spiro atoms. The van der Waals surface area contributed by atoms with Crippen molar-refractivity contribution in [3.63, 3.8) is 0 Å². The van der Waals surface area contributed by atoms with Gasteiger partial charge in [0.05, 0.1) is 22.3 Å². The number of halogens is 3. The summed E-state index contributed by atoms with van der Waals surface area (Å²) in [7, 11) is 0. The third kappa shape index (κ3) is 6.33. The maximum atomic E-state index is 14.4. The molecule has 0 radical (unpaired) electrons. The highest BCUT2D eigenvalue weighted by Gasteiger charge is 2.31. The summed E-state index contributed by atoms with van der Waals surface area (Å²) in [6.45, 7) is 4.10. The van der Waals surface area contributed by atoms with Gasteiger partial charge in [-0.2, -0.15) is 13.2 Å². The third-order valence-corrected chi connectivity index (χ3v) is 9.95. The van der Waals surface area contributed by atoms with Crippen LogP contribution in [-0.4, -0.2) is 19.5 Å². The molecule has 0 unspecified atom stereocenters. The van der Waals surface area contributed by atoms with Gasteiger partial charge in [-0.05, 0) is 67.4 Å². The van der Waals surface area contributed by atoms with Crippen LogP contribution >= 0.6 is 0 Å². The first-order chi connectivity index (χ1) is 26.7. The molecule has 2 aromatic heterocycles. The first kappa shape index (κ1) is 33.9. The van der Waals surface area contributed by atoms with Gasteiger partial charge in [0.15, 0.2) is 17.5 Å². The van der Waals surface area contributed by atoms with Crippen molar-refractivity contribution in [2.24, 2.45) is 0 Å². The van der Waals surface area contributed by atoms with Crippen molar-refractivity contribution in [3.8, 4) is 62.1 Å². The molecule has 0 aliphatic heterocycles. The molecule has 7 aromatic carbocycles. The quantitative estimate of drug-likeness (QED) is 0.172. The molecule has 266 valence electrons. The second-order valence-electron chi connectivity index (χ2n) is 13.8. The molecule has 4 nitrogen and oxygen atoms in total. The molecule has 0 fully saturated rings. The van der Waals surface area contributed by atoms with E-state index < -0.39 is 11.7 Å². The van der Waals surface area contributed by atoms with Gasteiger partial charge >= 0.3 is 6.18 Å². The van der Waals surface area contributed by atoms with E-state index in [0.717, 1.165) is 66.9 Å². The lowest BCUT2D eigenvalue weighted by atomic mass is 9.91. The molecule has 0 N–H and O–H groups in total. The Morgan fingerprint density at radius 2 is 0.927 bits per heavy atom. The summed E-state index contributed by atoms with van der Waals surface area (Å²) in [5.74, 6) is 1.38. The first-order valence-electron chi connectivity index (χ1n) is 18.0. The van der Waals surface area contributed by atoms with E-state index in [1.54, 1.807) is 6.07 Å². The van der Waals surface area contributed by atoms with Crippen molar-refractivity contribution in [3.05, 3.63) is 180 Å². The summed E-state index contributed by atoms with van der Waals surface area (Å²) in [5, 5.41) is 2.11. The number of fused-ring (bicyclic) bond motifs is 3. The topological polar surface area (TPSA) is 43.6 Å². The lowest BCUT2D eigenvalue weighted by Crippen LogP contribution is -2.06. The van der Waals surface area contributed by atoms with E-state index in [4.69, 9.17) is 15.0 Å². The summed E-state index contributed by atoms with van der Waals surface area (Å²) in [6, 6.07) is 51.7. The van der Waals surface area contributed by atoms with Crippen LogP contribution < -0.4 is 0 Å². The van der Waals surface area contributed by atoms with Crippen LogP contribution in [0.1, 0.15) is 16.7 Å². The van der Waals surface area contributed by atoms with E-state index >= 15 is 0 Å². The van der Waals surface area contributed by atoms with Gasteiger partial charge in [-0.1, -0.05) is 132 Å². The maximum Gasteiger partial charge on any atom is 0.416 e. The van der Waals surface area contributed by atoms with Gasteiger partial charge < -0.3 is 4.57 Å². The first-order valence-corrected chi connectivity index (χ1v) is 18.0. The zero-order valence-corrected chi connectivity index (χ0v) is 30.0. The van der Waals surface area contributed by atoms with Gasteiger partial charge in [0.1, 0.15) is 0 Å². The second kappa shape index (κ2) is 13.5. The summed E-state index contributed by atoms with van der Waals surface area (Å²) >= 11 is 0. The Labute approximate surface area is 316 Å². The van der Waals surface area contributed by atoms with E-state index in [1.807, 2.05) is 104 Å². The molecule has 0 saturated carbocycles. The highest BCUT2D eigenvalue weighted by atomic mass is 19.4. The molecule has 2 heterocycles. The Balaban J connectivity index is 1.43. The summed E-state index contributed by atoms with van der Waals surface area (Å²) in [4.78, 5) is 15.0. The van der Waals surface area contributed by atoms with E-state index in [1.165, 1.54) is 12.1 Å². The monoisotopic (exact) mass is 722 g/mol. The Morgan fingerprint density at radius 3 is 1.55 bits per heavy atom.